The molecule has 2 rings (SSSR count). The Bertz CT molecular complexity index is 502. The summed E-state index contributed by atoms with van der Waals surface area (Å²) in [7, 11) is 0. The zero-order valence-electron chi connectivity index (χ0n) is 16.0. The molecular weight excluding hydrogens is 336 g/mol. The van der Waals surface area contributed by atoms with E-state index in [4.69, 9.17) is 15.4 Å². The van der Waals surface area contributed by atoms with E-state index in [0.29, 0.717) is 13.0 Å². The smallest absolute Gasteiger partial charge is 0.303 e. The fourth-order valence-corrected chi connectivity index (χ4v) is 2.43. The highest BCUT2D eigenvalue weighted by atomic mass is 32.2. The van der Waals surface area contributed by atoms with Crippen LogP contribution in [0.5, 0.6) is 0 Å². The number of hydrogen-bond donors (Lipinski definition) is 4. The van der Waals surface area contributed by atoms with Gasteiger partial charge in [-0.15, -0.1) is 0 Å². The SMILES string of the molecule is CC(C)(C)CCCC(=O)O.CSO.NCc1ccc2c(c1)CNCC2. The molecule has 0 saturated heterocycles. The summed E-state index contributed by atoms with van der Waals surface area (Å²) in [4.78, 5) is 10.1. The van der Waals surface area contributed by atoms with Crippen LogP contribution in [0.25, 0.3) is 0 Å². The van der Waals surface area contributed by atoms with Gasteiger partial charge >= 0.3 is 5.97 Å². The Kier molecular flexibility index (Phi) is 12.6. The van der Waals surface area contributed by atoms with Crippen molar-refractivity contribution in [2.45, 2.75) is 59.5 Å². The van der Waals surface area contributed by atoms with E-state index >= 15 is 0 Å². The van der Waals surface area contributed by atoms with Crippen molar-refractivity contribution in [2.75, 3.05) is 12.8 Å². The molecule has 6 heteroatoms. The van der Waals surface area contributed by atoms with Gasteiger partial charge in [0.15, 0.2) is 0 Å². The van der Waals surface area contributed by atoms with Gasteiger partial charge in [0.1, 0.15) is 0 Å². The Hall–Kier alpha value is -1.08. The molecule has 0 amide bonds. The lowest BCUT2D eigenvalue weighted by atomic mass is 9.90. The van der Waals surface area contributed by atoms with Crippen LogP contribution in [-0.2, 0) is 24.3 Å². The number of nitrogens with one attached hydrogen (secondary N) is 1. The minimum absolute atomic E-state index is 0.273. The monoisotopic (exact) mass is 370 g/mol. The van der Waals surface area contributed by atoms with E-state index in [9.17, 15) is 4.79 Å². The summed E-state index contributed by atoms with van der Waals surface area (Å²) in [6, 6.07) is 6.55. The van der Waals surface area contributed by atoms with Crippen molar-refractivity contribution >= 4 is 18.0 Å². The van der Waals surface area contributed by atoms with E-state index in [-0.39, 0.29) is 5.41 Å². The van der Waals surface area contributed by atoms with Gasteiger partial charge < -0.3 is 20.7 Å². The van der Waals surface area contributed by atoms with Crippen molar-refractivity contribution in [1.29, 1.82) is 0 Å². The maximum absolute atomic E-state index is 10.1. The van der Waals surface area contributed by atoms with Gasteiger partial charge in [0.25, 0.3) is 0 Å². The summed E-state index contributed by atoms with van der Waals surface area (Å²) in [6.07, 6.45) is 4.83. The van der Waals surface area contributed by atoms with Crippen molar-refractivity contribution in [3.05, 3.63) is 34.9 Å². The second-order valence-electron chi connectivity index (χ2n) is 7.22. The Morgan fingerprint density at radius 2 is 1.96 bits per heavy atom. The molecule has 0 fully saturated rings. The molecule has 0 atom stereocenters. The molecule has 1 aliphatic heterocycles. The molecule has 1 aromatic rings. The number of carboxylic acid groups (broad SMARTS) is 1. The highest BCUT2D eigenvalue weighted by molar-refractivity contribution is 7.93. The summed E-state index contributed by atoms with van der Waals surface area (Å²) in [5.74, 6) is -0.691. The lowest BCUT2D eigenvalue weighted by Crippen LogP contribution is -2.23. The Morgan fingerprint density at radius 1 is 1.32 bits per heavy atom. The zero-order chi connectivity index (χ0) is 19.3. The van der Waals surface area contributed by atoms with Gasteiger partial charge in [-0.05, 0) is 60.0 Å². The molecule has 5 N–H and O–H groups in total. The summed E-state index contributed by atoms with van der Waals surface area (Å²) in [5, 5.41) is 11.7. The third-order valence-electron chi connectivity index (χ3n) is 3.71. The summed E-state index contributed by atoms with van der Waals surface area (Å²) in [6.45, 7) is 9.12. The molecule has 0 saturated carbocycles. The molecule has 25 heavy (non-hydrogen) atoms. The molecule has 0 spiro atoms. The van der Waals surface area contributed by atoms with Crippen LogP contribution in [0.4, 0.5) is 0 Å². The van der Waals surface area contributed by atoms with Gasteiger partial charge in [-0.25, -0.2) is 0 Å². The average molecular weight is 371 g/mol. The van der Waals surface area contributed by atoms with E-state index in [1.165, 1.54) is 16.7 Å². The second-order valence-corrected chi connectivity index (χ2v) is 7.59. The van der Waals surface area contributed by atoms with Crippen LogP contribution in [0.3, 0.4) is 0 Å². The zero-order valence-corrected chi connectivity index (χ0v) is 16.8. The van der Waals surface area contributed by atoms with E-state index in [2.05, 4.69) is 44.3 Å². The molecule has 0 bridgehead atoms. The van der Waals surface area contributed by atoms with Crippen LogP contribution in [0.2, 0.25) is 0 Å². The maximum Gasteiger partial charge on any atom is 0.303 e. The number of hydrogen-bond acceptors (Lipinski definition) is 5. The van der Waals surface area contributed by atoms with Crippen molar-refractivity contribution < 1.29 is 14.5 Å². The molecule has 0 aromatic heterocycles. The highest BCUT2D eigenvalue weighted by Gasteiger charge is 2.10. The molecule has 0 radical (unpaired) electrons. The molecule has 1 aromatic carbocycles. The normalized spacial score (nSPS) is 12.9. The molecule has 1 heterocycles. The minimum Gasteiger partial charge on any atom is -0.481 e. The molecule has 0 aliphatic carbocycles. The number of carbonyl (C=O) groups is 1. The quantitative estimate of drug-likeness (QED) is 0.600. The fourth-order valence-electron chi connectivity index (χ4n) is 2.43. The third-order valence-corrected chi connectivity index (χ3v) is 3.71. The lowest BCUT2D eigenvalue weighted by Gasteiger charge is -2.17. The number of aliphatic carboxylic acids is 1. The van der Waals surface area contributed by atoms with Gasteiger partial charge in [-0.2, -0.15) is 0 Å². The van der Waals surface area contributed by atoms with Gasteiger partial charge in [0, 0.05) is 25.8 Å². The number of benzene rings is 1. The van der Waals surface area contributed by atoms with Crippen LogP contribution in [-0.4, -0.2) is 28.4 Å². The van der Waals surface area contributed by atoms with Gasteiger partial charge in [-0.1, -0.05) is 39.0 Å². The minimum atomic E-state index is -0.691. The van der Waals surface area contributed by atoms with Crippen LogP contribution in [0, 0.1) is 5.41 Å². The number of nitrogens with two attached hydrogens (primary N) is 1. The van der Waals surface area contributed by atoms with Crippen LogP contribution < -0.4 is 11.1 Å². The van der Waals surface area contributed by atoms with E-state index in [1.807, 2.05) is 0 Å². The summed E-state index contributed by atoms with van der Waals surface area (Å²) >= 11 is 0.750. The Balaban J connectivity index is 0.000000406. The number of carboxylic acids is 1. The first-order valence-electron chi connectivity index (χ1n) is 8.64. The predicted octanol–water partition coefficient (Wildman–Crippen LogP) is 3.90. The number of rotatable bonds is 4. The Labute approximate surface area is 156 Å². The van der Waals surface area contributed by atoms with E-state index in [1.54, 1.807) is 6.26 Å². The fraction of sp³-hybridized carbons (Fsp3) is 0.632. The third kappa shape index (κ3) is 12.9. The molecule has 0 unspecified atom stereocenters. The average Bonchev–Trinajstić information content (AvgIpc) is 2.54. The molecule has 5 nitrogen and oxygen atoms in total. The van der Waals surface area contributed by atoms with Crippen LogP contribution >= 0.6 is 12.0 Å². The van der Waals surface area contributed by atoms with Crippen LogP contribution in [0.1, 0.15) is 56.7 Å². The van der Waals surface area contributed by atoms with Gasteiger partial charge in [0.2, 0.25) is 0 Å². The first-order valence-corrected chi connectivity index (χ1v) is 9.82. The van der Waals surface area contributed by atoms with E-state index < -0.39 is 5.97 Å². The first-order chi connectivity index (χ1) is 11.7. The molecule has 1 aliphatic rings. The van der Waals surface area contributed by atoms with Gasteiger partial charge in [0.05, 0.1) is 0 Å². The largest absolute Gasteiger partial charge is 0.481 e. The summed E-state index contributed by atoms with van der Waals surface area (Å²) in [5.41, 5.74) is 9.97. The van der Waals surface area contributed by atoms with Crippen molar-refractivity contribution in [1.82, 2.24) is 5.32 Å². The summed E-state index contributed by atoms with van der Waals surface area (Å²) < 4.78 is 7.49. The Morgan fingerprint density at radius 3 is 2.48 bits per heavy atom. The lowest BCUT2D eigenvalue weighted by molar-refractivity contribution is -0.137. The van der Waals surface area contributed by atoms with E-state index in [0.717, 1.165) is 44.4 Å². The predicted molar refractivity (Wildman–Crippen MR) is 107 cm³/mol. The van der Waals surface area contributed by atoms with Crippen LogP contribution in [0.15, 0.2) is 18.2 Å². The van der Waals surface area contributed by atoms with Crippen molar-refractivity contribution in [3.63, 3.8) is 0 Å². The van der Waals surface area contributed by atoms with Crippen molar-refractivity contribution in [3.8, 4) is 0 Å². The standard InChI is InChI=1S/C10H14N2.C8H16O2.CH4OS/c11-6-8-1-2-9-3-4-12-7-10(9)5-8;1-8(2,3)6-4-5-7(9)10;1-3-2/h1-2,5,12H,3-4,6-7,11H2;4-6H2,1-3H3,(H,9,10);2H,1H3. The number of fused-ring (bicyclic) bond motifs is 1. The highest BCUT2D eigenvalue weighted by Crippen LogP contribution is 2.21. The van der Waals surface area contributed by atoms with Gasteiger partial charge in [-0.3, -0.25) is 4.79 Å². The maximum atomic E-state index is 10.1. The topological polar surface area (TPSA) is 95.6 Å². The molecular formula is C19H34N2O3S. The first kappa shape index (κ1) is 23.9. The molecule has 144 valence electrons. The van der Waals surface area contributed by atoms with Crippen molar-refractivity contribution in [2.24, 2.45) is 11.1 Å². The second kappa shape index (κ2) is 13.2.